The SMILES string of the molecule is C[C@@H]1CC[C@@H](NC(CO)CO)C[C@H]1C. The molecule has 0 aromatic rings. The van der Waals surface area contributed by atoms with Gasteiger partial charge in [0.05, 0.1) is 19.3 Å². The Morgan fingerprint density at radius 3 is 2.29 bits per heavy atom. The Labute approximate surface area is 86.5 Å². The lowest BCUT2D eigenvalue weighted by atomic mass is 9.79. The highest BCUT2D eigenvalue weighted by Gasteiger charge is 2.25. The van der Waals surface area contributed by atoms with E-state index in [1.54, 1.807) is 0 Å². The van der Waals surface area contributed by atoms with Gasteiger partial charge in [-0.25, -0.2) is 0 Å². The van der Waals surface area contributed by atoms with Crippen molar-refractivity contribution in [3.8, 4) is 0 Å². The van der Waals surface area contributed by atoms with Crippen LogP contribution in [0.4, 0.5) is 0 Å². The second-order valence-corrected chi connectivity index (χ2v) is 4.69. The molecule has 14 heavy (non-hydrogen) atoms. The molecule has 0 aromatic heterocycles. The lowest BCUT2D eigenvalue weighted by molar-refractivity contribution is 0.139. The number of nitrogens with one attached hydrogen (secondary N) is 1. The van der Waals surface area contributed by atoms with Crippen LogP contribution in [0.2, 0.25) is 0 Å². The van der Waals surface area contributed by atoms with Crippen molar-refractivity contribution in [3.05, 3.63) is 0 Å². The first-order chi connectivity index (χ1) is 6.67. The predicted molar refractivity (Wildman–Crippen MR) is 57.1 cm³/mol. The number of aliphatic hydroxyl groups excluding tert-OH is 2. The van der Waals surface area contributed by atoms with Crippen LogP contribution in [0.1, 0.15) is 33.1 Å². The molecule has 1 aliphatic carbocycles. The van der Waals surface area contributed by atoms with Crippen molar-refractivity contribution in [1.29, 1.82) is 0 Å². The summed E-state index contributed by atoms with van der Waals surface area (Å²) in [6.45, 7) is 4.63. The van der Waals surface area contributed by atoms with E-state index in [9.17, 15) is 0 Å². The molecule has 3 nitrogen and oxygen atoms in total. The molecule has 0 radical (unpaired) electrons. The van der Waals surface area contributed by atoms with Crippen LogP contribution >= 0.6 is 0 Å². The molecule has 0 amide bonds. The first-order valence-electron chi connectivity index (χ1n) is 5.65. The van der Waals surface area contributed by atoms with E-state index in [1.807, 2.05) is 0 Å². The summed E-state index contributed by atoms with van der Waals surface area (Å²) in [4.78, 5) is 0. The van der Waals surface area contributed by atoms with Gasteiger partial charge in [-0.2, -0.15) is 0 Å². The average molecular weight is 201 g/mol. The molecular weight excluding hydrogens is 178 g/mol. The van der Waals surface area contributed by atoms with E-state index in [-0.39, 0.29) is 19.3 Å². The molecule has 0 heterocycles. The summed E-state index contributed by atoms with van der Waals surface area (Å²) >= 11 is 0. The third kappa shape index (κ3) is 3.23. The molecule has 0 bridgehead atoms. The lowest BCUT2D eigenvalue weighted by Crippen LogP contribution is -2.45. The monoisotopic (exact) mass is 201 g/mol. The van der Waals surface area contributed by atoms with Crippen LogP contribution in [0.15, 0.2) is 0 Å². The van der Waals surface area contributed by atoms with Gasteiger partial charge in [-0.05, 0) is 31.1 Å². The first kappa shape index (κ1) is 12.0. The van der Waals surface area contributed by atoms with Gasteiger partial charge < -0.3 is 15.5 Å². The van der Waals surface area contributed by atoms with Gasteiger partial charge in [0, 0.05) is 6.04 Å². The number of rotatable bonds is 4. The maximum absolute atomic E-state index is 8.95. The topological polar surface area (TPSA) is 52.5 Å². The molecular formula is C11H23NO2. The van der Waals surface area contributed by atoms with Gasteiger partial charge in [0.1, 0.15) is 0 Å². The van der Waals surface area contributed by atoms with Gasteiger partial charge in [0.15, 0.2) is 0 Å². The average Bonchev–Trinajstić information content (AvgIpc) is 2.19. The molecule has 1 rings (SSSR count). The zero-order valence-electron chi connectivity index (χ0n) is 9.24. The Morgan fingerprint density at radius 1 is 1.14 bits per heavy atom. The van der Waals surface area contributed by atoms with Gasteiger partial charge in [0.25, 0.3) is 0 Å². The highest BCUT2D eigenvalue weighted by Crippen LogP contribution is 2.29. The fraction of sp³-hybridized carbons (Fsp3) is 1.00. The maximum Gasteiger partial charge on any atom is 0.0607 e. The van der Waals surface area contributed by atoms with Crippen LogP contribution < -0.4 is 5.32 Å². The molecule has 0 aliphatic heterocycles. The van der Waals surface area contributed by atoms with Crippen molar-refractivity contribution in [1.82, 2.24) is 5.32 Å². The second kappa shape index (κ2) is 5.69. The second-order valence-electron chi connectivity index (χ2n) is 4.69. The number of aliphatic hydroxyl groups is 2. The Bertz CT molecular complexity index is 159. The summed E-state index contributed by atoms with van der Waals surface area (Å²) in [6, 6.07) is 0.339. The van der Waals surface area contributed by atoms with Crippen molar-refractivity contribution in [3.63, 3.8) is 0 Å². The quantitative estimate of drug-likeness (QED) is 0.629. The molecule has 84 valence electrons. The van der Waals surface area contributed by atoms with Crippen LogP contribution in [0.25, 0.3) is 0 Å². The van der Waals surface area contributed by atoms with Crippen LogP contribution in [0.5, 0.6) is 0 Å². The first-order valence-corrected chi connectivity index (χ1v) is 5.65. The molecule has 0 spiro atoms. The fourth-order valence-corrected chi connectivity index (χ4v) is 2.20. The summed E-state index contributed by atoms with van der Waals surface area (Å²) in [5.74, 6) is 1.56. The Hall–Kier alpha value is -0.120. The Morgan fingerprint density at radius 2 is 1.79 bits per heavy atom. The van der Waals surface area contributed by atoms with E-state index >= 15 is 0 Å². The van der Waals surface area contributed by atoms with Crippen molar-refractivity contribution in [2.45, 2.75) is 45.2 Å². The molecule has 1 saturated carbocycles. The van der Waals surface area contributed by atoms with Gasteiger partial charge in [-0.15, -0.1) is 0 Å². The summed E-state index contributed by atoms with van der Waals surface area (Å²) in [5, 5.41) is 21.2. The molecule has 3 heteroatoms. The summed E-state index contributed by atoms with van der Waals surface area (Å²) < 4.78 is 0. The van der Waals surface area contributed by atoms with E-state index in [0.717, 1.165) is 18.3 Å². The van der Waals surface area contributed by atoms with Crippen molar-refractivity contribution in [2.75, 3.05) is 13.2 Å². The van der Waals surface area contributed by atoms with Gasteiger partial charge in [-0.3, -0.25) is 0 Å². The van der Waals surface area contributed by atoms with Crippen LogP contribution in [-0.2, 0) is 0 Å². The highest BCUT2D eigenvalue weighted by atomic mass is 16.3. The normalized spacial score (nSPS) is 33.6. The summed E-state index contributed by atoms with van der Waals surface area (Å²) in [6.07, 6.45) is 3.59. The lowest BCUT2D eigenvalue weighted by Gasteiger charge is -2.34. The third-order valence-electron chi connectivity index (χ3n) is 3.51. The van der Waals surface area contributed by atoms with Crippen molar-refractivity contribution < 1.29 is 10.2 Å². The van der Waals surface area contributed by atoms with Gasteiger partial charge in [-0.1, -0.05) is 13.8 Å². The fourth-order valence-electron chi connectivity index (χ4n) is 2.20. The predicted octanol–water partition coefficient (Wildman–Crippen LogP) is 0.754. The Kier molecular flexibility index (Phi) is 4.85. The minimum absolute atomic E-state index is 0.0247. The molecule has 0 unspecified atom stereocenters. The van der Waals surface area contributed by atoms with E-state index in [4.69, 9.17) is 10.2 Å². The van der Waals surface area contributed by atoms with E-state index < -0.39 is 0 Å². The molecule has 1 fully saturated rings. The van der Waals surface area contributed by atoms with E-state index in [2.05, 4.69) is 19.2 Å². The highest BCUT2D eigenvalue weighted by molar-refractivity contribution is 4.82. The molecule has 1 aliphatic rings. The third-order valence-corrected chi connectivity index (χ3v) is 3.51. The minimum Gasteiger partial charge on any atom is -0.395 e. The molecule has 3 N–H and O–H groups in total. The van der Waals surface area contributed by atoms with Crippen molar-refractivity contribution >= 4 is 0 Å². The summed E-state index contributed by atoms with van der Waals surface area (Å²) in [7, 11) is 0. The number of hydrogen-bond acceptors (Lipinski definition) is 3. The zero-order valence-corrected chi connectivity index (χ0v) is 9.24. The molecule has 0 aromatic carbocycles. The summed E-state index contributed by atoms with van der Waals surface area (Å²) in [5.41, 5.74) is 0. The van der Waals surface area contributed by atoms with Gasteiger partial charge >= 0.3 is 0 Å². The van der Waals surface area contributed by atoms with E-state index in [0.29, 0.717) is 6.04 Å². The minimum atomic E-state index is -0.138. The van der Waals surface area contributed by atoms with Crippen LogP contribution in [0, 0.1) is 11.8 Å². The largest absolute Gasteiger partial charge is 0.395 e. The van der Waals surface area contributed by atoms with Crippen LogP contribution in [-0.4, -0.2) is 35.5 Å². The Balaban J connectivity index is 2.32. The molecule has 0 saturated heterocycles. The number of hydrogen-bond donors (Lipinski definition) is 3. The smallest absolute Gasteiger partial charge is 0.0607 e. The zero-order chi connectivity index (χ0) is 10.6. The van der Waals surface area contributed by atoms with E-state index in [1.165, 1.54) is 12.8 Å². The molecule has 3 atom stereocenters. The van der Waals surface area contributed by atoms with Crippen LogP contribution in [0.3, 0.4) is 0 Å². The van der Waals surface area contributed by atoms with Gasteiger partial charge in [0.2, 0.25) is 0 Å². The maximum atomic E-state index is 8.95. The van der Waals surface area contributed by atoms with Crippen molar-refractivity contribution in [2.24, 2.45) is 11.8 Å². The standard InChI is InChI=1S/C11H23NO2/c1-8-3-4-10(5-9(8)2)12-11(6-13)7-14/h8-14H,3-7H2,1-2H3/t8-,9-,10-/m1/s1.